The van der Waals surface area contributed by atoms with E-state index in [1.165, 1.54) is 4.90 Å². The van der Waals surface area contributed by atoms with E-state index in [1.54, 1.807) is 13.8 Å². The third-order valence-corrected chi connectivity index (χ3v) is 3.75. The maximum absolute atomic E-state index is 13.1. The topological polar surface area (TPSA) is 92.6 Å². The van der Waals surface area contributed by atoms with Gasteiger partial charge in [-0.15, -0.1) is 0 Å². The van der Waals surface area contributed by atoms with E-state index in [-0.39, 0.29) is 17.5 Å². The summed E-state index contributed by atoms with van der Waals surface area (Å²) in [5.41, 5.74) is -0.594. The van der Waals surface area contributed by atoms with Crippen LogP contribution in [0.15, 0.2) is 18.2 Å². The lowest BCUT2D eigenvalue weighted by atomic mass is 10.1. The number of likely N-dealkylation sites (tertiary alicyclic amines) is 1. The first kappa shape index (κ1) is 16.9. The van der Waals surface area contributed by atoms with Gasteiger partial charge in [-0.05, 0) is 25.0 Å². The summed E-state index contributed by atoms with van der Waals surface area (Å²) >= 11 is 0. The summed E-state index contributed by atoms with van der Waals surface area (Å²) in [4.78, 5) is 36.2. The van der Waals surface area contributed by atoms with Gasteiger partial charge in [0.15, 0.2) is 0 Å². The Bertz CT molecular complexity index is 648. The molecule has 1 N–H and O–H groups in total. The molecule has 1 heterocycles. The molecule has 1 saturated heterocycles. The zero-order valence-corrected chi connectivity index (χ0v) is 12.9. The van der Waals surface area contributed by atoms with E-state index in [0.717, 1.165) is 18.2 Å². The molecule has 1 aliphatic rings. The van der Waals surface area contributed by atoms with Crippen LogP contribution in [-0.2, 0) is 9.59 Å². The summed E-state index contributed by atoms with van der Waals surface area (Å²) < 4.78 is 13.1. The van der Waals surface area contributed by atoms with Gasteiger partial charge in [0.1, 0.15) is 17.5 Å². The van der Waals surface area contributed by atoms with E-state index in [9.17, 15) is 24.1 Å². The highest BCUT2D eigenvalue weighted by atomic mass is 19.1. The zero-order valence-electron chi connectivity index (χ0n) is 12.9. The Morgan fingerprint density at radius 2 is 2.13 bits per heavy atom. The van der Waals surface area contributed by atoms with Crippen LogP contribution in [0, 0.1) is 21.8 Å². The van der Waals surface area contributed by atoms with Gasteiger partial charge in [0, 0.05) is 12.5 Å². The number of nitro groups is 1. The minimum Gasteiger partial charge on any atom is -0.330 e. The summed E-state index contributed by atoms with van der Waals surface area (Å²) in [6.45, 7) is 3.99. The van der Waals surface area contributed by atoms with E-state index in [0.29, 0.717) is 19.4 Å². The summed E-state index contributed by atoms with van der Waals surface area (Å²) in [6, 6.07) is 2.28. The highest BCUT2D eigenvalue weighted by Crippen LogP contribution is 2.27. The van der Waals surface area contributed by atoms with Crippen molar-refractivity contribution in [2.24, 2.45) is 5.92 Å². The Hall–Kier alpha value is -2.51. The molecule has 23 heavy (non-hydrogen) atoms. The number of amides is 2. The number of benzene rings is 1. The molecular formula is C15H18FN3O4. The monoisotopic (exact) mass is 323 g/mol. The molecule has 0 saturated carbocycles. The molecular weight excluding hydrogens is 305 g/mol. The van der Waals surface area contributed by atoms with Gasteiger partial charge < -0.3 is 10.2 Å². The molecule has 0 aromatic heterocycles. The third kappa shape index (κ3) is 3.64. The average molecular weight is 323 g/mol. The van der Waals surface area contributed by atoms with Gasteiger partial charge in [0.25, 0.3) is 5.69 Å². The molecule has 2 amide bonds. The smallest absolute Gasteiger partial charge is 0.295 e. The number of rotatable bonds is 4. The van der Waals surface area contributed by atoms with Gasteiger partial charge in [0.2, 0.25) is 11.8 Å². The molecule has 2 rings (SSSR count). The van der Waals surface area contributed by atoms with E-state index >= 15 is 0 Å². The van der Waals surface area contributed by atoms with E-state index in [2.05, 4.69) is 5.32 Å². The second-order valence-corrected chi connectivity index (χ2v) is 5.75. The molecule has 0 aliphatic carbocycles. The van der Waals surface area contributed by atoms with Crippen LogP contribution in [0.25, 0.3) is 0 Å². The van der Waals surface area contributed by atoms with Crippen molar-refractivity contribution in [3.63, 3.8) is 0 Å². The highest BCUT2D eigenvalue weighted by Gasteiger charge is 2.35. The average Bonchev–Trinajstić information content (AvgIpc) is 2.97. The van der Waals surface area contributed by atoms with Crippen molar-refractivity contribution < 1.29 is 18.9 Å². The van der Waals surface area contributed by atoms with Crippen LogP contribution in [0.4, 0.5) is 15.8 Å². The number of nitrogens with zero attached hydrogens (tertiary/aromatic N) is 2. The highest BCUT2D eigenvalue weighted by molar-refractivity contribution is 5.99. The molecule has 0 bridgehead atoms. The molecule has 1 atom stereocenters. The van der Waals surface area contributed by atoms with Crippen molar-refractivity contribution in [3.8, 4) is 0 Å². The second-order valence-electron chi connectivity index (χ2n) is 5.75. The van der Waals surface area contributed by atoms with Crippen LogP contribution in [0.5, 0.6) is 0 Å². The maximum atomic E-state index is 13.1. The molecule has 0 radical (unpaired) electrons. The number of anilines is 1. The molecule has 8 heteroatoms. The number of nitro benzene ring substituents is 1. The fraction of sp³-hybridized carbons (Fsp3) is 0.467. The van der Waals surface area contributed by atoms with Crippen molar-refractivity contribution in [2.75, 3.05) is 11.9 Å². The molecule has 0 spiro atoms. The Balaban J connectivity index is 2.19. The van der Waals surface area contributed by atoms with Crippen molar-refractivity contribution >= 4 is 23.2 Å². The summed E-state index contributed by atoms with van der Waals surface area (Å²) in [7, 11) is 0. The largest absolute Gasteiger partial charge is 0.330 e. The van der Waals surface area contributed by atoms with Gasteiger partial charge in [-0.2, -0.15) is 0 Å². The van der Waals surface area contributed by atoms with Crippen LogP contribution >= 0.6 is 0 Å². The van der Waals surface area contributed by atoms with Crippen LogP contribution in [-0.4, -0.2) is 34.2 Å². The van der Waals surface area contributed by atoms with Crippen molar-refractivity contribution in [1.29, 1.82) is 0 Å². The molecule has 124 valence electrons. The number of hydrogen-bond acceptors (Lipinski definition) is 4. The van der Waals surface area contributed by atoms with E-state index in [1.807, 2.05) is 0 Å². The second kappa shape index (κ2) is 6.72. The van der Waals surface area contributed by atoms with Crippen LogP contribution in [0.2, 0.25) is 0 Å². The molecule has 7 nitrogen and oxygen atoms in total. The number of hydrogen-bond donors (Lipinski definition) is 1. The minimum absolute atomic E-state index is 0.0785. The van der Waals surface area contributed by atoms with Crippen LogP contribution in [0.3, 0.4) is 0 Å². The Morgan fingerprint density at radius 3 is 2.74 bits per heavy atom. The van der Waals surface area contributed by atoms with E-state index in [4.69, 9.17) is 0 Å². The van der Waals surface area contributed by atoms with Gasteiger partial charge in [-0.3, -0.25) is 19.7 Å². The van der Waals surface area contributed by atoms with Gasteiger partial charge in [-0.25, -0.2) is 4.39 Å². The summed E-state index contributed by atoms with van der Waals surface area (Å²) in [5.74, 6) is -1.61. The lowest BCUT2D eigenvalue weighted by Crippen LogP contribution is -2.44. The first-order valence-electron chi connectivity index (χ1n) is 7.36. The van der Waals surface area contributed by atoms with Crippen molar-refractivity contribution in [1.82, 2.24) is 4.90 Å². The Labute approximate surface area is 132 Å². The zero-order chi connectivity index (χ0) is 17.1. The predicted molar refractivity (Wildman–Crippen MR) is 81.3 cm³/mol. The SMILES string of the molecule is CC(C)C(=O)N1CCC[C@H]1C(=O)Nc1ccc(F)cc1[N+](=O)[O-]. The third-order valence-electron chi connectivity index (χ3n) is 3.75. The molecule has 1 aromatic carbocycles. The first-order valence-corrected chi connectivity index (χ1v) is 7.36. The molecule has 1 fully saturated rings. The minimum atomic E-state index is -0.760. The quantitative estimate of drug-likeness (QED) is 0.680. The predicted octanol–water partition coefficient (Wildman–Crippen LogP) is 2.32. The lowest BCUT2D eigenvalue weighted by molar-refractivity contribution is -0.384. The Morgan fingerprint density at radius 1 is 1.43 bits per heavy atom. The summed E-state index contributed by atoms with van der Waals surface area (Å²) in [6.07, 6.45) is 1.20. The van der Waals surface area contributed by atoms with Crippen molar-refractivity contribution in [3.05, 3.63) is 34.1 Å². The number of carbonyl (C=O) groups excluding carboxylic acids is 2. The fourth-order valence-corrected chi connectivity index (χ4v) is 2.61. The van der Waals surface area contributed by atoms with E-state index < -0.39 is 28.4 Å². The maximum Gasteiger partial charge on any atom is 0.295 e. The van der Waals surface area contributed by atoms with Crippen LogP contribution in [0.1, 0.15) is 26.7 Å². The normalized spacial score (nSPS) is 17.4. The molecule has 1 aromatic rings. The number of carbonyl (C=O) groups is 2. The van der Waals surface area contributed by atoms with Gasteiger partial charge in [-0.1, -0.05) is 13.8 Å². The number of nitrogens with one attached hydrogen (secondary N) is 1. The number of halogens is 1. The standard InChI is InChI=1S/C15H18FN3O4/c1-9(2)15(21)18-7-3-4-12(18)14(20)17-11-6-5-10(16)8-13(11)19(22)23/h5-6,8-9,12H,3-4,7H2,1-2H3,(H,17,20)/t12-/m0/s1. The van der Waals surface area contributed by atoms with Gasteiger partial charge >= 0.3 is 0 Å². The summed E-state index contributed by atoms with van der Waals surface area (Å²) in [5, 5.41) is 13.4. The van der Waals surface area contributed by atoms with Crippen molar-refractivity contribution in [2.45, 2.75) is 32.7 Å². The first-order chi connectivity index (χ1) is 10.8. The van der Waals surface area contributed by atoms with Crippen LogP contribution < -0.4 is 5.32 Å². The molecule has 1 aliphatic heterocycles. The van der Waals surface area contributed by atoms with Gasteiger partial charge in [0.05, 0.1) is 11.0 Å². The lowest BCUT2D eigenvalue weighted by Gasteiger charge is -2.25. The Kier molecular flexibility index (Phi) is 4.92. The molecule has 0 unspecified atom stereocenters. The fourth-order valence-electron chi connectivity index (χ4n) is 2.61.